The van der Waals surface area contributed by atoms with Gasteiger partial charge in [0.05, 0.1) is 11.7 Å². The summed E-state index contributed by atoms with van der Waals surface area (Å²) in [6.45, 7) is 0. The molecule has 2 aromatic heterocycles. The molecule has 1 amide bonds. The summed E-state index contributed by atoms with van der Waals surface area (Å²) in [6.07, 6.45) is 3.41. The number of aryl methyl sites for hydroxylation is 1. The predicted molar refractivity (Wildman–Crippen MR) is 72.9 cm³/mol. The van der Waals surface area contributed by atoms with E-state index in [0.717, 1.165) is 10.9 Å². The van der Waals surface area contributed by atoms with Crippen LogP contribution >= 0.6 is 0 Å². The minimum atomic E-state index is -0.179. The van der Waals surface area contributed by atoms with Gasteiger partial charge in [-0.05, 0) is 24.3 Å². The van der Waals surface area contributed by atoms with Crippen LogP contribution in [0.1, 0.15) is 10.4 Å². The first kappa shape index (κ1) is 11.4. The minimum Gasteiger partial charge on any atom is -0.307 e. The third-order valence-electron chi connectivity index (χ3n) is 2.92. The normalized spacial score (nSPS) is 10.6. The Balaban J connectivity index is 1.91. The predicted octanol–water partition coefficient (Wildman–Crippen LogP) is 2.22. The first-order valence-corrected chi connectivity index (χ1v) is 5.88. The van der Waals surface area contributed by atoms with Gasteiger partial charge in [0.25, 0.3) is 5.91 Å². The van der Waals surface area contributed by atoms with Crippen molar-refractivity contribution < 1.29 is 4.79 Å². The number of nitrogens with zero attached hydrogens (tertiary/aromatic N) is 3. The number of hydrogen-bond acceptors (Lipinski definition) is 3. The van der Waals surface area contributed by atoms with Gasteiger partial charge < -0.3 is 5.32 Å². The highest BCUT2D eigenvalue weighted by molar-refractivity contribution is 6.05. The summed E-state index contributed by atoms with van der Waals surface area (Å²) in [7, 11) is 1.85. The molecule has 0 unspecified atom stereocenters. The molecule has 94 valence electrons. The van der Waals surface area contributed by atoms with E-state index in [9.17, 15) is 4.79 Å². The lowest BCUT2D eigenvalue weighted by Gasteiger charge is -2.04. The molecule has 2 heterocycles. The van der Waals surface area contributed by atoms with Crippen LogP contribution in [0.2, 0.25) is 0 Å². The molecule has 0 saturated carbocycles. The van der Waals surface area contributed by atoms with Gasteiger partial charge in [0, 0.05) is 24.2 Å². The van der Waals surface area contributed by atoms with Gasteiger partial charge in [-0.3, -0.25) is 9.48 Å². The van der Waals surface area contributed by atoms with E-state index in [1.165, 1.54) is 0 Å². The molecule has 0 aliphatic rings. The zero-order valence-corrected chi connectivity index (χ0v) is 10.4. The highest BCUT2D eigenvalue weighted by atomic mass is 16.1. The van der Waals surface area contributed by atoms with Gasteiger partial charge in [0.1, 0.15) is 5.82 Å². The van der Waals surface area contributed by atoms with E-state index in [1.807, 2.05) is 25.2 Å². The van der Waals surface area contributed by atoms with E-state index < -0.39 is 0 Å². The van der Waals surface area contributed by atoms with Crippen molar-refractivity contribution in [3.05, 3.63) is 54.4 Å². The lowest BCUT2D eigenvalue weighted by atomic mass is 10.1. The second-order valence-corrected chi connectivity index (χ2v) is 4.21. The monoisotopic (exact) mass is 252 g/mol. The summed E-state index contributed by atoms with van der Waals surface area (Å²) in [5.41, 5.74) is 1.51. The Kier molecular flexibility index (Phi) is 2.72. The van der Waals surface area contributed by atoms with Gasteiger partial charge >= 0.3 is 0 Å². The van der Waals surface area contributed by atoms with Gasteiger partial charge in [-0.2, -0.15) is 5.10 Å². The van der Waals surface area contributed by atoms with E-state index in [-0.39, 0.29) is 5.91 Å². The quantitative estimate of drug-likeness (QED) is 0.760. The number of aromatic nitrogens is 3. The molecule has 0 aliphatic carbocycles. The standard InChI is InChI=1S/C14H12N4O/c1-18-12-8-10(5-6-11(12)9-16-18)14(19)17-13-4-2-3-7-15-13/h2-9H,1H3,(H,15,17,19). The molecule has 3 rings (SSSR count). The first-order valence-electron chi connectivity index (χ1n) is 5.88. The van der Waals surface area contributed by atoms with Crippen LogP contribution < -0.4 is 5.32 Å². The van der Waals surface area contributed by atoms with Crippen LogP contribution in [-0.2, 0) is 7.05 Å². The SMILES string of the molecule is Cn1ncc2ccc(C(=O)Nc3ccccn3)cc21. The first-order chi connectivity index (χ1) is 9.24. The highest BCUT2D eigenvalue weighted by Gasteiger charge is 2.08. The number of amides is 1. The maximum absolute atomic E-state index is 12.1. The number of rotatable bonds is 2. The van der Waals surface area contributed by atoms with Crippen LogP contribution in [0, 0.1) is 0 Å². The highest BCUT2D eigenvalue weighted by Crippen LogP contribution is 2.15. The summed E-state index contributed by atoms with van der Waals surface area (Å²) in [5.74, 6) is 0.361. The molecule has 5 heteroatoms. The average molecular weight is 252 g/mol. The van der Waals surface area contributed by atoms with Crippen LogP contribution in [0.4, 0.5) is 5.82 Å². The lowest BCUT2D eigenvalue weighted by Crippen LogP contribution is -2.12. The fourth-order valence-electron chi connectivity index (χ4n) is 1.91. The van der Waals surface area contributed by atoms with Crippen LogP contribution in [0.25, 0.3) is 10.9 Å². The third kappa shape index (κ3) is 2.18. The lowest BCUT2D eigenvalue weighted by molar-refractivity contribution is 0.102. The van der Waals surface area contributed by atoms with Crippen LogP contribution in [0.5, 0.6) is 0 Å². The Morgan fingerprint density at radius 2 is 2.16 bits per heavy atom. The van der Waals surface area contributed by atoms with Crippen LogP contribution in [0.15, 0.2) is 48.8 Å². The van der Waals surface area contributed by atoms with Crippen LogP contribution in [-0.4, -0.2) is 20.7 Å². The molecule has 5 nitrogen and oxygen atoms in total. The minimum absolute atomic E-state index is 0.179. The summed E-state index contributed by atoms with van der Waals surface area (Å²) in [5, 5.41) is 7.92. The van der Waals surface area contributed by atoms with E-state index in [4.69, 9.17) is 0 Å². The van der Waals surface area contributed by atoms with Crippen molar-refractivity contribution in [1.82, 2.24) is 14.8 Å². The van der Waals surface area contributed by atoms with E-state index in [1.54, 1.807) is 35.3 Å². The van der Waals surface area contributed by atoms with Gasteiger partial charge in [-0.25, -0.2) is 4.98 Å². The Morgan fingerprint density at radius 3 is 2.95 bits per heavy atom. The van der Waals surface area contributed by atoms with E-state index in [0.29, 0.717) is 11.4 Å². The number of carbonyl (C=O) groups excluding carboxylic acids is 1. The molecular formula is C14H12N4O. The second kappa shape index (κ2) is 4.53. The summed E-state index contributed by atoms with van der Waals surface area (Å²) < 4.78 is 1.74. The second-order valence-electron chi connectivity index (χ2n) is 4.21. The molecule has 0 aliphatic heterocycles. The van der Waals surface area contributed by atoms with Crippen molar-refractivity contribution in [2.75, 3.05) is 5.32 Å². The molecule has 0 atom stereocenters. The van der Waals surface area contributed by atoms with Crippen molar-refractivity contribution in [1.29, 1.82) is 0 Å². The van der Waals surface area contributed by atoms with Gasteiger partial charge in [0.2, 0.25) is 0 Å². The Bertz CT molecular complexity index is 734. The molecule has 1 aromatic carbocycles. The van der Waals surface area contributed by atoms with E-state index in [2.05, 4.69) is 15.4 Å². The fraction of sp³-hybridized carbons (Fsp3) is 0.0714. The molecule has 0 saturated heterocycles. The Hall–Kier alpha value is -2.69. The fourth-order valence-corrected chi connectivity index (χ4v) is 1.91. The maximum atomic E-state index is 12.1. The number of carbonyl (C=O) groups is 1. The molecule has 1 N–H and O–H groups in total. The zero-order chi connectivity index (χ0) is 13.2. The van der Waals surface area contributed by atoms with Crippen molar-refractivity contribution in [2.45, 2.75) is 0 Å². The molecule has 19 heavy (non-hydrogen) atoms. The van der Waals surface area contributed by atoms with Crippen LogP contribution in [0.3, 0.4) is 0 Å². The molecular weight excluding hydrogens is 240 g/mol. The topological polar surface area (TPSA) is 59.8 Å². The van der Waals surface area contributed by atoms with Crippen molar-refractivity contribution in [3.63, 3.8) is 0 Å². The smallest absolute Gasteiger partial charge is 0.256 e. The van der Waals surface area contributed by atoms with E-state index >= 15 is 0 Å². The largest absolute Gasteiger partial charge is 0.307 e. The Morgan fingerprint density at radius 1 is 1.26 bits per heavy atom. The summed E-state index contributed by atoms with van der Waals surface area (Å²) in [6, 6.07) is 10.9. The molecule has 3 aromatic rings. The number of anilines is 1. The third-order valence-corrected chi connectivity index (χ3v) is 2.92. The molecule has 0 bridgehead atoms. The van der Waals surface area contributed by atoms with Gasteiger partial charge in [0.15, 0.2) is 0 Å². The molecule has 0 spiro atoms. The number of benzene rings is 1. The number of nitrogens with one attached hydrogen (secondary N) is 1. The summed E-state index contributed by atoms with van der Waals surface area (Å²) in [4.78, 5) is 16.2. The Labute approximate surface area is 109 Å². The van der Waals surface area contributed by atoms with Gasteiger partial charge in [-0.15, -0.1) is 0 Å². The zero-order valence-electron chi connectivity index (χ0n) is 10.4. The number of hydrogen-bond donors (Lipinski definition) is 1. The molecule has 0 fully saturated rings. The molecule has 0 radical (unpaired) electrons. The number of pyridine rings is 1. The number of fused-ring (bicyclic) bond motifs is 1. The average Bonchev–Trinajstić information content (AvgIpc) is 2.81. The van der Waals surface area contributed by atoms with Gasteiger partial charge in [-0.1, -0.05) is 12.1 Å². The van der Waals surface area contributed by atoms with Crippen molar-refractivity contribution in [3.8, 4) is 0 Å². The summed E-state index contributed by atoms with van der Waals surface area (Å²) >= 11 is 0. The maximum Gasteiger partial charge on any atom is 0.256 e. The van der Waals surface area contributed by atoms with Crippen molar-refractivity contribution in [2.24, 2.45) is 7.05 Å². The van der Waals surface area contributed by atoms with Crippen molar-refractivity contribution >= 4 is 22.6 Å².